The fourth-order valence-electron chi connectivity index (χ4n) is 3.94. The summed E-state index contributed by atoms with van der Waals surface area (Å²) < 4.78 is 0. The topological polar surface area (TPSA) is 52.7 Å². The van der Waals surface area contributed by atoms with E-state index in [4.69, 9.17) is 0 Å². The molecule has 2 heterocycles. The van der Waals surface area contributed by atoms with Gasteiger partial charge in [-0.15, -0.1) is 0 Å². The standard InChI is InChI=1S/C21H31N3O2/c1-2-3-13-23-14-5-4-7-19(23)21(26)22-16-17-9-11-18(12-10-17)24-15-6-8-20(24)25/h9-12,19H,2-8,13-16H2,1H3,(H,22,26). The van der Waals surface area contributed by atoms with Crippen molar-refractivity contribution in [3.63, 3.8) is 0 Å². The summed E-state index contributed by atoms with van der Waals surface area (Å²) in [5, 5.41) is 3.11. The summed E-state index contributed by atoms with van der Waals surface area (Å²) in [6.45, 7) is 5.61. The monoisotopic (exact) mass is 357 g/mol. The lowest BCUT2D eigenvalue weighted by atomic mass is 10.0. The fraction of sp³-hybridized carbons (Fsp3) is 0.619. The van der Waals surface area contributed by atoms with Gasteiger partial charge in [-0.3, -0.25) is 14.5 Å². The average molecular weight is 357 g/mol. The van der Waals surface area contributed by atoms with Gasteiger partial charge in [-0.05, 0) is 56.5 Å². The number of rotatable bonds is 7. The first kappa shape index (κ1) is 18.9. The number of benzene rings is 1. The van der Waals surface area contributed by atoms with Crippen LogP contribution in [0.15, 0.2) is 24.3 Å². The van der Waals surface area contributed by atoms with E-state index in [0.717, 1.165) is 63.0 Å². The van der Waals surface area contributed by atoms with Crippen LogP contribution < -0.4 is 10.2 Å². The number of likely N-dealkylation sites (tertiary alicyclic amines) is 1. The van der Waals surface area contributed by atoms with E-state index in [1.807, 2.05) is 29.2 Å². The molecule has 1 aromatic rings. The van der Waals surface area contributed by atoms with Crippen LogP contribution in [-0.4, -0.2) is 42.4 Å². The predicted octanol–water partition coefficient (Wildman–Crippen LogP) is 3.08. The van der Waals surface area contributed by atoms with Crippen LogP contribution in [0.4, 0.5) is 5.69 Å². The lowest BCUT2D eigenvalue weighted by Crippen LogP contribution is -2.49. The number of hydrogen-bond donors (Lipinski definition) is 1. The van der Waals surface area contributed by atoms with Crippen molar-refractivity contribution in [1.29, 1.82) is 0 Å². The highest BCUT2D eigenvalue weighted by Crippen LogP contribution is 2.22. The number of hydrogen-bond acceptors (Lipinski definition) is 3. The number of amides is 2. The molecule has 142 valence electrons. The van der Waals surface area contributed by atoms with Crippen LogP contribution in [0.3, 0.4) is 0 Å². The van der Waals surface area contributed by atoms with Crippen LogP contribution in [0, 0.1) is 0 Å². The Balaban J connectivity index is 1.52. The van der Waals surface area contributed by atoms with E-state index in [0.29, 0.717) is 13.0 Å². The Kier molecular flexibility index (Phi) is 6.67. The van der Waals surface area contributed by atoms with Crippen molar-refractivity contribution in [2.24, 2.45) is 0 Å². The number of carbonyl (C=O) groups excluding carboxylic acids is 2. The molecule has 2 aliphatic heterocycles. The molecule has 1 N–H and O–H groups in total. The highest BCUT2D eigenvalue weighted by atomic mass is 16.2. The number of piperidine rings is 1. The molecule has 5 heteroatoms. The molecule has 5 nitrogen and oxygen atoms in total. The molecule has 0 aromatic heterocycles. The van der Waals surface area contributed by atoms with Crippen molar-refractivity contribution in [3.05, 3.63) is 29.8 Å². The summed E-state index contributed by atoms with van der Waals surface area (Å²) in [7, 11) is 0. The number of unbranched alkanes of at least 4 members (excludes halogenated alkanes) is 1. The summed E-state index contributed by atoms with van der Waals surface area (Å²) >= 11 is 0. The van der Waals surface area contributed by atoms with Crippen LogP contribution >= 0.6 is 0 Å². The normalized spacial score (nSPS) is 21.2. The molecule has 0 aliphatic carbocycles. The predicted molar refractivity (Wildman–Crippen MR) is 104 cm³/mol. The second-order valence-electron chi connectivity index (χ2n) is 7.43. The minimum absolute atomic E-state index is 0.0248. The molecule has 0 spiro atoms. The maximum absolute atomic E-state index is 12.7. The number of nitrogens with one attached hydrogen (secondary N) is 1. The highest BCUT2D eigenvalue weighted by Gasteiger charge is 2.28. The first-order valence-electron chi connectivity index (χ1n) is 10.1. The quantitative estimate of drug-likeness (QED) is 0.816. The summed E-state index contributed by atoms with van der Waals surface area (Å²) in [6, 6.07) is 8.02. The summed E-state index contributed by atoms with van der Waals surface area (Å²) in [6.07, 6.45) is 7.20. The Morgan fingerprint density at radius 2 is 1.96 bits per heavy atom. The van der Waals surface area contributed by atoms with Gasteiger partial charge in [0, 0.05) is 25.2 Å². The van der Waals surface area contributed by atoms with Crippen molar-refractivity contribution >= 4 is 17.5 Å². The van der Waals surface area contributed by atoms with Gasteiger partial charge in [0.2, 0.25) is 11.8 Å². The van der Waals surface area contributed by atoms with Gasteiger partial charge in [-0.25, -0.2) is 0 Å². The van der Waals surface area contributed by atoms with Crippen molar-refractivity contribution < 1.29 is 9.59 Å². The van der Waals surface area contributed by atoms with Crippen molar-refractivity contribution in [3.8, 4) is 0 Å². The number of anilines is 1. The number of carbonyl (C=O) groups is 2. The van der Waals surface area contributed by atoms with Crippen molar-refractivity contribution in [2.75, 3.05) is 24.5 Å². The molecule has 0 bridgehead atoms. The lowest BCUT2D eigenvalue weighted by Gasteiger charge is -2.34. The van der Waals surface area contributed by atoms with Crippen LogP contribution in [0.25, 0.3) is 0 Å². The zero-order chi connectivity index (χ0) is 18.4. The first-order valence-corrected chi connectivity index (χ1v) is 10.1. The molecule has 2 fully saturated rings. The van der Waals surface area contributed by atoms with Gasteiger partial charge in [0.1, 0.15) is 0 Å². The molecular weight excluding hydrogens is 326 g/mol. The Labute approximate surface area is 156 Å². The maximum atomic E-state index is 12.7. The largest absolute Gasteiger partial charge is 0.351 e. The van der Waals surface area contributed by atoms with Gasteiger partial charge in [-0.1, -0.05) is 31.9 Å². The van der Waals surface area contributed by atoms with E-state index in [9.17, 15) is 9.59 Å². The summed E-state index contributed by atoms with van der Waals surface area (Å²) in [4.78, 5) is 28.7. The average Bonchev–Trinajstić information content (AvgIpc) is 3.11. The molecule has 3 rings (SSSR count). The van der Waals surface area contributed by atoms with Gasteiger partial charge in [0.15, 0.2) is 0 Å². The van der Waals surface area contributed by atoms with Crippen LogP contribution in [0.5, 0.6) is 0 Å². The second kappa shape index (κ2) is 9.17. The minimum Gasteiger partial charge on any atom is -0.351 e. The third-order valence-electron chi connectivity index (χ3n) is 5.50. The maximum Gasteiger partial charge on any atom is 0.237 e. The van der Waals surface area contributed by atoms with E-state index >= 15 is 0 Å². The lowest BCUT2D eigenvalue weighted by molar-refractivity contribution is -0.127. The molecule has 1 atom stereocenters. The van der Waals surface area contributed by atoms with E-state index < -0.39 is 0 Å². The van der Waals surface area contributed by atoms with Gasteiger partial charge < -0.3 is 10.2 Å². The SMILES string of the molecule is CCCCN1CCCCC1C(=O)NCc1ccc(N2CCCC2=O)cc1. The van der Waals surface area contributed by atoms with Crippen LogP contribution in [-0.2, 0) is 16.1 Å². The Morgan fingerprint density at radius 3 is 2.65 bits per heavy atom. The molecule has 1 unspecified atom stereocenters. The van der Waals surface area contributed by atoms with Crippen molar-refractivity contribution in [2.45, 2.75) is 64.5 Å². The smallest absolute Gasteiger partial charge is 0.237 e. The molecular formula is C21H31N3O2. The molecule has 0 saturated carbocycles. The second-order valence-corrected chi connectivity index (χ2v) is 7.43. The highest BCUT2D eigenvalue weighted by molar-refractivity contribution is 5.95. The molecule has 1 aromatic carbocycles. The van der Waals surface area contributed by atoms with Crippen molar-refractivity contribution in [1.82, 2.24) is 10.2 Å². The van der Waals surface area contributed by atoms with Crippen LogP contribution in [0.2, 0.25) is 0 Å². The Hall–Kier alpha value is -1.88. The third kappa shape index (κ3) is 4.64. The van der Waals surface area contributed by atoms with Gasteiger partial charge in [0.05, 0.1) is 6.04 Å². The van der Waals surface area contributed by atoms with Crippen LogP contribution in [0.1, 0.15) is 57.4 Å². The Bertz CT molecular complexity index is 614. The molecule has 2 amide bonds. The molecule has 26 heavy (non-hydrogen) atoms. The van der Waals surface area contributed by atoms with Gasteiger partial charge in [-0.2, -0.15) is 0 Å². The van der Waals surface area contributed by atoms with E-state index in [1.165, 1.54) is 6.42 Å². The van der Waals surface area contributed by atoms with Gasteiger partial charge >= 0.3 is 0 Å². The zero-order valence-corrected chi connectivity index (χ0v) is 15.9. The van der Waals surface area contributed by atoms with E-state index in [2.05, 4.69) is 17.1 Å². The fourth-order valence-corrected chi connectivity index (χ4v) is 3.94. The third-order valence-corrected chi connectivity index (χ3v) is 5.50. The molecule has 2 saturated heterocycles. The molecule has 0 radical (unpaired) electrons. The van der Waals surface area contributed by atoms with E-state index in [-0.39, 0.29) is 17.9 Å². The summed E-state index contributed by atoms with van der Waals surface area (Å²) in [5.74, 6) is 0.357. The van der Waals surface area contributed by atoms with Gasteiger partial charge in [0.25, 0.3) is 0 Å². The molecule has 2 aliphatic rings. The minimum atomic E-state index is 0.0248. The number of nitrogens with zero attached hydrogens (tertiary/aromatic N) is 2. The Morgan fingerprint density at radius 1 is 1.15 bits per heavy atom. The van der Waals surface area contributed by atoms with E-state index in [1.54, 1.807) is 0 Å². The zero-order valence-electron chi connectivity index (χ0n) is 15.9. The summed E-state index contributed by atoms with van der Waals surface area (Å²) in [5.41, 5.74) is 2.03. The first-order chi connectivity index (χ1) is 12.7.